The molecule has 1 aliphatic rings. The maximum atomic E-state index is 5.74. The molecule has 0 amide bonds. The minimum Gasteiger partial charge on any atom is -0.490 e. The van der Waals surface area contributed by atoms with Gasteiger partial charge >= 0.3 is 0 Å². The molecule has 1 saturated carbocycles. The molecule has 2 nitrogen and oxygen atoms in total. The Morgan fingerprint density at radius 3 is 2.65 bits per heavy atom. The lowest BCUT2D eigenvalue weighted by Gasteiger charge is -2.17. The van der Waals surface area contributed by atoms with Crippen LogP contribution in [0.1, 0.15) is 37.8 Å². The topological polar surface area (TPSA) is 21.3 Å². The average Bonchev–Trinajstić information content (AvgIpc) is 3.14. The average molecular weight is 231 g/mol. The van der Waals surface area contributed by atoms with Crippen molar-refractivity contribution >= 4 is 0 Å². The highest BCUT2D eigenvalue weighted by Crippen LogP contribution is 2.28. The van der Waals surface area contributed by atoms with Gasteiger partial charge < -0.3 is 10.1 Å². The minimum atomic E-state index is 0.368. The third-order valence-corrected chi connectivity index (χ3v) is 2.96. The molecular formula is C15H21NO. The summed E-state index contributed by atoms with van der Waals surface area (Å²) in [5.41, 5.74) is 1.30. The molecule has 0 heterocycles. The number of benzene rings is 1. The number of nitrogens with one attached hydrogen (secondary N) is 1. The van der Waals surface area contributed by atoms with Gasteiger partial charge in [-0.25, -0.2) is 0 Å². The fourth-order valence-electron chi connectivity index (χ4n) is 1.91. The Morgan fingerprint density at radius 2 is 2.12 bits per heavy atom. The van der Waals surface area contributed by atoms with Crippen LogP contribution in [0.15, 0.2) is 36.9 Å². The lowest BCUT2D eigenvalue weighted by atomic mass is 10.0. The molecule has 1 fully saturated rings. The lowest BCUT2D eigenvalue weighted by molar-refractivity contribution is 0.303. The number of hydrogen-bond donors (Lipinski definition) is 1. The van der Waals surface area contributed by atoms with Crippen LogP contribution >= 0.6 is 0 Å². The monoisotopic (exact) mass is 231 g/mol. The lowest BCUT2D eigenvalue weighted by Crippen LogP contribution is -2.20. The quantitative estimate of drug-likeness (QED) is 0.726. The Labute approximate surface area is 104 Å². The van der Waals surface area contributed by atoms with E-state index in [-0.39, 0.29) is 0 Å². The van der Waals surface area contributed by atoms with Gasteiger partial charge in [-0.2, -0.15) is 0 Å². The smallest absolute Gasteiger partial charge is 0.119 e. The van der Waals surface area contributed by atoms with Gasteiger partial charge in [0.1, 0.15) is 5.75 Å². The van der Waals surface area contributed by atoms with Gasteiger partial charge in [0.15, 0.2) is 0 Å². The molecule has 17 heavy (non-hydrogen) atoms. The zero-order valence-electron chi connectivity index (χ0n) is 10.5. The van der Waals surface area contributed by atoms with E-state index in [1.54, 1.807) is 0 Å². The van der Waals surface area contributed by atoms with E-state index in [0.29, 0.717) is 12.1 Å². The molecule has 0 saturated heterocycles. The molecule has 0 aliphatic heterocycles. The normalized spacial score (nSPS) is 16.5. The second-order valence-electron chi connectivity index (χ2n) is 4.52. The molecule has 0 aromatic heterocycles. The summed E-state index contributed by atoms with van der Waals surface area (Å²) in [6, 6.07) is 8.80. The highest BCUT2D eigenvalue weighted by Gasteiger charge is 2.23. The number of hydrogen-bond acceptors (Lipinski definition) is 2. The van der Waals surface area contributed by atoms with Crippen LogP contribution in [-0.4, -0.2) is 12.6 Å². The van der Waals surface area contributed by atoms with Crippen molar-refractivity contribution in [2.45, 2.75) is 38.3 Å². The van der Waals surface area contributed by atoms with E-state index in [4.69, 9.17) is 4.74 Å². The molecule has 1 N–H and O–H groups in total. The van der Waals surface area contributed by atoms with E-state index >= 15 is 0 Å². The van der Waals surface area contributed by atoms with E-state index in [9.17, 15) is 0 Å². The minimum absolute atomic E-state index is 0.368. The Hall–Kier alpha value is -1.28. The first kappa shape index (κ1) is 12.2. The van der Waals surface area contributed by atoms with Crippen LogP contribution in [0.25, 0.3) is 0 Å². The first-order valence-corrected chi connectivity index (χ1v) is 6.44. The molecule has 1 aliphatic carbocycles. The summed E-state index contributed by atoms with van der Waals surface area (Å²) < 4.78 is 5.74. The molecule has 1 unspecified atom stereocenters. The van der Waals surface area contributed by atoms with Gasteiger partial charge in [-0.1, -0.05) is 25.1 Å². The number of ether oxygens (including phenoxy) is 1. The van der Waals surface area contributed by atoms with E-state index in [0.717, 1.165) is 18.7 Å². The fraction of sp³-hybridized carbons (Fsp3) is 0.467. The zero-order valence-corrected chi connectivity index (χ0v) is 10.5. The summed E-state index contributed by atoms with van der Waals surface area (Å²) in [5, 5.41) is 3.46. The van der Waals surface area contributed by atoms with Gasteiger partial charge in [-0.3, -0.25) is 0 Å². The molecule has 1 aromatic carbocycles. The molecule has 92 valence electrons. The van der Waals surface area contributed by atoms with Crippen LogP contribution < -0.4 is 10.1 Å². The zero-order chi connectivity index (χ0) is 12.1. The fourth-order valence-corrected chi connectivity index (χ4v) is 1.91. The van der Waals surface area contributed by atoms with Crippen molar-refractivity contribution < 1.29 is 4.74 Å². The Kier molecular flexibility index (Phi) is 4.21. The molecule has 0 spiro atoms. The third-order valence-electron chi connectivity index (χ3n) is 2.96. The predicted molar refractivity (Wildman–Crippen MR) is 71.3 cm³/mol. The van der Waals surface area contributed by atoms with Crippen LogP contribution in [0.2, 0.25) is 0 Å². The van der Waals surface area contributed by atoms with Crippen LogP contribution in [0.3, 0.4) is 0 Å². The largest absolute Gasteiger partial charge is 0.490 e. The van der Waals surface area contributed by atoms with Crippen LogP contribution in [-0.2, 0) is 0 Å². The van der Waals surface area contributed by atoms with Gasteiger partial charge in [0.25, 0.3) is 0 Å². The van der Waals surface area contributed by atoms with Gasteiger partial charge in [-0.05, 0) is 43.5 Å². The van der Waals surface area contributed by atoms with Gasteiger partial charge in [-0.15, -0.1) is 6.58 Å². The Morgan fingerprint density at radius 1 is 1.41 bits per heavy atom. The van der Waals surface area contributed by atoms with Gasteiger partial charge in [0.2, 0.25) is 0 Å². The standard InChI is InChI=1S/C15H21NO/c1-3-5-15(16-4-2)12-6-8-13(9-7-12)17-14-10-11-14/h3,6-9,14-16H,1,4-5,10-11H2,2H3. The second kappa shape index (κ2) is 5.87. The summed E-state index contributed by atoms with van der Waals surface area (Å²) in [6.45, 7) is 6.91. The summed E-state index contributed by atoms with van der Waals surface area (Å²) in [4.78, 5) is 0. The first-order chi connectivity index (χ1) is 8.33. The van der Waals surface area contributed by atoms with Crippen molar-refractivity contribution in [3.8, 4) is 5.75 Å². The molecule has 1 aromatic rings. The van der Waals surface area contributed by atoms with E-state index < -0.39 is 0 Å². The van der Waals surface area contributed by atoms with Crippen molar-refractivity contribution in [3.63, 3.8) is 0 Å². The number of rotatable bonds is 7. The second-order valence-corrected chi connectivity index (χ2v) is 4.52. The highest BCUT2D eigenvalue weighted by atomic mass is 16.5. The van der Waals surface area contributed by atoms with Crippen molar-refractivity contribution in [2.24, 2.45) is 0 Å². The highest BCUT2D eigenvalue weighted by molar-refractivity contribution is 5.30. The SMILES string of the molecule is C=CCC(NCC)c1ccc(OC2CC2)cc1. The summed E-state index contributed by atoms with van der Waals surface area (Å²) in [7, 11) is 0. The summed E-state index contributed by atoms with van der Waals surface area (Å²) in [5.74, 6) is 0.991. The maximum absolute atomic E-state index is 5.74. The van der Waals surface area contributed by atoms with Crippen LogP contribution in [0.5, 0.6) is 5.75 Å². The van der Waals surface area contributed by atoms with Gasteiger partial charge in [0, 0.05) is 6.04 Å². The molecule has 0 bridgehead atoms. The van der Waals surface area contributed by atoms with Gasteiger partial charge in [0.05, 0.1) is 6.10 Å². The van der Waals surface area contributed by atoms with Crippen molar-refractivity contribution in [1.82, 2.24) is 5.32 Å². The van der Waals surface area contributed by atoms with Crippen molar-refractivity contribution in [2.75, 3.05) is 6.54 Å². The predicted octanol–water partition coefficient (Wildman–Crippen LogP) is 3.45. The molecule has 2 heteroatoms. The van der Waals surface area contributed by atoms with Crippen LogP contribution in [0.4, 0.5) is 0 Å². The molecular weight excluding hydrogens is 210 g/mol. The van der Waals surface area contributed by atoms with E-state index in [1.165, 1.54) is 18.4 Å². The van der Waals surface area contributed by atoms with Crippen molar-refractivity contribution in [3.05, 3.63) is 42.5 Å². The van der Waals surface area contributed by atoms with E-state index in [1.807, 2.05) is 6.08 Å². The van der Waals surface area contributed by atoms with Crippen LogP contribution in [0, 0.1) is 0 Å². The summed E-state index contributed by atoms with van der Waals surface area (Å²) in [6.07, 6.45) is 5.80. The molecule has 0 radical (unpaired) electrons. The Balaban J connectivity index is 2.00. The van der Waals surface area contributed by atoms with Crippen molar-refractivity contribution in [1.29, 1.82) is 0 Å². The summed E-state index contributed by atoms with van der Waals surface area (Å²) >= 11 is 0. The first-order valence-electron chi connectivity index (χ1n) is 6.44. The van der Waals surface area contributed by atoms with E-state index in [2.05, 4.69) is 43.1 Å². The molecule has 2 rings (SSSR count). The maximum Gasteiger partial charge on any atom is 0.119 e. The molecule has 1 atom stereocenters. The Bertz CT molecular complexity index is 354. The third kappa shape index (κ3) is 3.60.